The van der Waals surface area contributed by atoms with Crippen LogP contribution < -0.4 is 10.2 Å². The van der Waals surface area contributed by atoms with Crippen molar-refractivity contribution in [2.45, 2.75) is 13.3 Å². The van der Waals surface area contributed by atoms with Crippen molar-refractivity contribution in [1.82, 2.24) is 15.0 Å². The maximum Gasteiger partial charge on any atom is 0.231 e. The third-order valence-electron chi connectivity index (χ3n) is 3.71. The van der Waals surface area contributed by atoms with Crippen molar-refractivity contribution in [3.8, 4) is 10.6 Å². The highest BCUT2D eigenvalue weighted by molar-refractivity contribution is 7.19. The van der Waals surface area contributed by atoms with E-state index in [1.807, 2.05) is 25.9 Å². The third-order valence-corrected chi connectivity index (χ3v) is 5.06. The van der Waals surface area contributed by atoms with Crippen molar-refractivity contribution in [3.05, 3.63) is 52.7 Å². The van der Waals surface area contributed by atoms with Gasteiger partial charge in [-0.3, -0.25) is 10.1 Å². The predicted octanol–water partition coefficient (Wildman–Crippen LogP) is 3.55. The molecule has 1 aromatic carbocycles. The smallest absolute Gasteiger partial charge is 0.231 e. The van der Waals surface area contributed by atoms with E-state index in [2.05, 4.69) is 25.4 Å². The Kier molecular flexibility index (Phi) is 5.51. The molecular formula is C18H18N6O2S. The van der Waals surface area contributed by atoms with E-state index in [-0.39, 0.29) is 18.3 Å². The number of aryl methyl sites for hydroxylation is 1. The Morgan fingerprint density at radius 1 is 1.19 bits per heavy atom. The Morgan fingerprint density at radius 2 is 1.93 bits per heavy atom. The molecule has 0 radical (unpaired) electrons. The maximum atomic E-state index is 12.3. The van der Waals surface area contributed by atoms with Gasteiger partial charge >= 0.3 is 0 Å². The first kappa shape index (κ1) is 18.6. The number of amides is 1. The number of carbonyl (C=O) groups excluding carboxylic acids is 1. The van der Waals surface area contributed by atoms with Gasteiger partial charge in [-0.25, -0.2) is 15.0 Å². The van der Waals surface area contributed by atoms with Crippen molar-refractivity contribution in [1.29, 1.82) is 0 Å². The number of rotatable bonds is 6. The normalized spacial score (nSPS) is 10.5. The monoisotopic (exact) mass is 382 g/mol. The highest BCUT2D eigenvalue weighted by atomic mass is 32.1. The van der Waals surface area contributed by atoms with Crippen LogP contribution in [0.3, 0.4) is 0 Å². The molecule has 2 aromatic heterocycles. The van der Waals surface area contributed by atoms with E-state index in [1.165, 1.54) is 11.3 Å². The fourth-order valence-electron chi connectivity index (χ4n) is 2.39. The SMILES string of the molecule is Cc1nc(N(C)C)sc1-c1ccnc(NC(=O)Cc2ccc(N=O)cc2)n1. The van der Waals surface area contributed by atoms with Crippen LogP contribution in [-0.4, -0.2) is 35.0 Å². The molecule has 0 atom stereocenters. The van der Waals surface area contributed by atoms with Crippen molar-refractivity contribution < 1.29 is 4.79 Å². The molecule has 1 amide bonds. The van der Waals surface area contributed by atoms with Gasteiger partial charge < -0.3 is 4.90 Å². The lowest BCUT2D eigenvalue weighted by Crippen LogP contribution is -2.16. The van der Waals surface area contributed by atoms with E-state index in [4.69, 9.17) is 0 Å². The standard InChI is InChI=1S/C18H18N6O2S/c1-11-16(27-18(20-11)24(2)3)14-8-9-19-17(21-14)22-15(25)10-12-4-6-13(23-26)7-5-12/h4-9H,10H2,1-3H3,(H,19,21,22,25). The molecule has 3 rings (SSSR count). The molecule has 3 aromatic rings. The van der Waals surface area contributed by atoms with Crippen LogP contribution in [0.4, 0.5) is 16.8 Å². The average Bonchev–Trinajstić information content (AvgIpc) is 3.04. The predicted molar refractivity (Wildman–Crippen MR) is 106 cm³/mol. The summed E-state index contributed by atoms with van der Waals surface area (Å²) in [5.74, 6) is -0.00292. The van der Waals surface area contributed by atoms with Crippen LogP contribution in [0.15, 0.2) is 41.7 Å². The van der Waals surface area contributed by atoms with Crippen molar-refractivity contribution in [3.63, 3.8) is 0 Å². The zero-order valence-corrected chi connectivity index (χ0v) is 15.9. The molecule has 0 spiro atoms. The number of nitrogens with one attached hydrogen (secondary N) is 1. The molecule has 0 aliphatic rings. The molecule has 0 fully saturated rings. The van der Waals surface area contributed by atoms with E-state index in [0.29, 0.717) is 11.4 Å². The second-order valence-corrected chi connectivity index (χ2v) is 7.03. The quantitative estimate of drug-likeness (QED) is 0.654. The van der Waals surface area contributed by atoms with Crippen LogP contribution in [0.25, 0.3) is 10.6 Å². The minimum Gasteiger partial charge on any atom is -0.354 e. The molecule has 2 heterocycles. The van der Waals surface area contributed by atoms with E-state index in [0.717, 1.165) is 21.3 Å². The first-order chi connectivity index (χ1) is 13.0. The van der Waals surface area contributed by atoms with Gasteiger partial charge in [-0.1, -0.05) is 23.5 Å². The van der Waals surface area contributed by atoms with Gasteiger partial charge in [0, 0.05) is 20.3 Å². The average molecular weight is 382 g/mol. The van der Waals surface area contributed by atoms with Gasteiger partial charge in [0.15, 0.2) is 5.13 Å². The number of hydrogen-bond donors (Lipinski definition) is 1. The lowest BCUT2D eigenvalue weighted by Gasteiger charge is -2.06. The number of nitrogens with zero attached hydrogens (tertiary/aromatic N) is 5. The molecule has 27 heavy (non-hydrogen) atoms. The molecule has 0 aliphatic carbocycles. The molecule has 8 nitrogen and oxygen atoms in total. The Labute approximate surface area is 160 Å². The van der Waals surface area contributed by atoms with Crippen LogP contribution in [-0.2, 0) is 11.2 Å². The molecular weight excluding hydrogens is 364 g/mol. The summed E-state index contributed by atoms with van der Waals surface area (Å²) in [5.41, 5.74) is 2.69. The fourth-order valence-corrected chi connectivity index (χ4v) is 3.34. The minimum atomic E-state index is -0.242. The minimum absolute atomic E-state index is 0.150. The fraction of sp³-hybridized carbons (Fsp3) is 0.222. The number of carbonyl (C=O) groups is 1. The second-order valence-electron chi connectivity index (χ2n) is 6.05. The largest absolute Gasteiger partial charge is 0.354 e. The molecule has 9 heteroatoms. The van der Waals surface area contributed by atoms with Crippen LogP contribution in [0.1, 0.15) is 11.3 Å². The maximum absolute atomic E-state index is 12.3. The summed E-state index contributed by atoms with van der Waals surface area (Å²) < 4.78 is 0. The van der Waals surface area contributed by atoms with Crippen molar-refractivity contribution in [2.75, 3.05) is 24.3 Å². The zero-order chi connectivity index (χ0) is 19.4. The number of benzene rings is 1. The Hall–Kier alpha value is -3.20. The van der Waals surface area contributed by atoms with Gasteiger partial charge in [0.2, 0.25) is 11.9 Å². The van der Waals surface area contributed by atoms with Crippen molar-refractivity contribution in [2.24, 2.45) is 5.18 Å². The van der Waals surface area contributed by atoms with Crippen LogP contribution in [0.2, 0.25) is 0 Å². The molecule has 0 saturated carbocycles. The van der Waals surface area contributed by atoms with E-state index < -0.39 is 0 Å². The molecule has 0 aliphatic heterocycles. The summed E-state index contributed by atoms with van der Waals surface area (Å²) in [5, 5.41) is 6.43. The first-order valence-electron chi connectivity index (χ1n) is 8.16. The number of anilines is 2. The van der Waals surface area contributed by atoms with Crippen LogP contribution in [0, 0.1) is 11.8 Å². The summed E-state index contributed by atoms with van der Waals surface area (Å²) in [6, 6.07) is 8.32. The summed E-state index contributed by atoms with van der Waals surface area (Å²) in [6.45, 7) is 1.93. The van der Waals surface area contributed by atoms with E-state index >= 15 is 0 Å². The molecule has 138 valence electrons. The second kappa shape index (κ2) is 8.00. The summed E-state index contributed by atoms with van der Waals surface area (Å²) in [6.07, 6.45) is 1.76. The van der Waals surface area contributed by atoms with Gasteiger partial charge in [0.1, 0.15) is 5.69 Å². The molecule has 0 bridgehead atoms. The summed E-state index contributed by atoms with van der Waals surface area (Å²) >= 11 is 1.53. The van der Waals surface area contributed by atoms with E-state index in [9.17, 15) is 9.70 Å². The van der Waals surface area contributed by atoms with Gasteiger partial charge in [-0.15, -0.1) is 4.91 Å². The van der Waals surface area contributed by atoms with Crippen molar-refractivity contribution >= 4 is 34.0 Å². The third kappa shape index (κ3) is 4.50. The molecule has 0 saturated heterocycles. The Balaban J connectivity index is 1.73. The van der Waals surface area contributed by atoms with Gasteiger partial charge in [-0.05, 0) is 35.9 Å². The zero-order valence-electron chi connectivity index (χ0n) is 15.1. The van der Waals surface area contributed by atoms with Gasteiger partial charge in [0.25, 0.3) is 0 Å². The first-order valence-corrected chi connectivity index (χ1v) is 8.98. The highest BCUT2D eigenvalue weighted by Crippen LogP contribution is 2.32. The Bertz CT molecular complexity index is 968. The summed E-state index contributed by atoms with van der Waals surface area (Å²) in [7, 11) is 3.87. The van der Waals surface area contributed by atoms with Gasteiger partial charge in [-0.2, -0.15) is 0 Å². The number of hydrogen-bond acceptors (Lipinski definition) is 8. The highest BCUT2D eigenvalue weighted by Gasteiger charge is 2.14. The number of thiazole rings is 1. The number of aromatic nitrogens is 3. The lowest BCUT2D eigenvalue weighted by atomic mass is 10.1. The van der Waals surface area contributed by atoms with Crippen LogP contribution >= 0.6 is 11.3 Å². The van der Waals surface area contributed by atoms with Gasteiger partial charge in [0.05, 0.1) is 22.7 Å². The number of nitroso groups, excluding NO2 is 1. The molecule has 0 unspecified atom stereocenters. The topological polar surface area (TPSA) is 100 Å². The molecule has 1 N–H and O–H groups in total. The van der Waals surface area contributed by atoms with Crippen LogP contribution in [0.5, 0.6) is 0 Å². The van der Waals surface area contributed by atoms with E-state index in [1.54, 1.807) is 36.5 Å². The Morgan fingerprint density at radius 3 is 2.56 bits per heavy atom. The lowest BCUT2D eigenvalue weighted by molar-refractivity contribution is -0.115. The summed E-state index contributed by atoms with van der Waals surface area (Å²) in [4.78, 5) is 38.6.